The molecule has 1 atom stereocenters. The number of carbonyl (C=O) groups is 1. The summed E-state index contributed by atoms with van der Waals surface area (Å²) in [5.74, 6) is 0.279. The second-order valence-electron chi connectivity index (χ2n) is 6.88. The lowest BCUT2D eigenvalue weighted by atomic mass is 10.2. The number of hydrogen-bond donors (Lipinski definition) is 0. The maximum absolute atomic E-state index is 13.7. The minimum Gasteiger partial charge on any atom is -0.489 e. The quantitative estimate of drug-likeness (QED) is 0.488. The summed E-state index contributed by atoms with van der Waals surface area (Å²) in [4.78, 5) is 14.9. The zero-order valence-electron chi connectivity index (χ0n) is 15.7. The van der Waals surface area contributed by atoms with Gasteiger partial charge < -0.3 is 9.47 Å². The minimum atomic E-state index is -0.283. The minimum absolute atomic E-state index is 0.0720. The van der Waals surface area contributed by atoms with E-state index in [0.29, 0.717) is 27.1 Å². The molecule has 2 aliphatic heterocycles. The van der Waals surface area contributed by atoms with Crippen molar-refractivity contribution in [1.29, 1.82) is 0 Å². The van der Waals surface area contributed by atoms with E-state index < -0.39 is 0 Å². The van der Waals surface area contributed by atoms with Crippen molar-refractivity contribution in [2.45, 2.75) is 25.6 Å². The van der Waals surface area contributed by atoms with Crippen LogP contribution in [0.4, 0.5) is 4.39 Å². The summed E-state index contributed by atoms with van der Waals surface area (Å²) in [6.45, 7) is 1.43. The van der Waals surface area contributed by atoms with Crippen LogP contribution in [0.25, 0.3) is 6.08 Å². The monoisotopic (exact) mass is 429 g/mol. The van der Waals surface area contributed by atoms with Crippen LogP contribution in [0.1, 0.15) is 24.0 Å². The van der Waals surface area contributed by atoms with Gasteiger partial charge in [-0.15, -0.1) is 0 Å². The van der Waals surface area contributed by atoms with Gasteiger partial charge in [0.1, 0.15) is 22.5 Å². The lowest BCUT2D eigenvalue weighted by Gasteiger charge is -2.18. The van der Waals surface area contributed by atoms with Crippen LogP contribution in [-0.2, 0) is 16.1 Å². The second-order valence-corrected chi connectivity index (χ2v) is 8.55. The van der Waals surface area contributed by atoms with E-state index in [1.807, 2.05) is 18.2 Å². The zero-order valence-corrected chi connectivity index (χ0v) is 17.3. The predicted octanol–water partition coefficient (Wildman–Crippen LogP) is 4.78. The number of ether oxygens (including phenoxy) is 2. The number of thiocarbonyl (C=S) groups is 1. The third-order valence-electron chi connectivity index (χ3n) is 4.81. The molecule has 0 unspecified atom stereocenters. The molecule has 7 heteroatoms. The van der Waals surface area contributed by atoms with Crippen molar-refractivity contribution in [2.75, 3.05) is 13.2 Å². The molecule has 1 amide bonds. The highest BCUT2D eigenvalue weighted by molar-refractivity contribution is 8.26. The third-order valence-corrected chi connectivity index (χ3v) is 6.19. The fourth-order valence-corrected chi connectivity index (χ4v) is 4.51. The topological polar surface area (TPSA) is 38.8 Å². The normalized spacial score (nSPS) is 20.7. The van der Waals surface area contributed by atoms with Crippen LogP contribution in [0.2, 0.25) is 0 Å². The summed E-state index contributed by atoms with van der Waals surface area (Å²) in [6.07, 6.45) is 3.89. The molecule has 2 saturated heterocycles. The molecule has 2 aliphatic rings. The van der Waals surface area contributed by atoms with Gasteiger partial charge in [-0.1, -0.05) is 54.3 Å². The van der Waals surface area contributed by atoms with Gasteiger partial charge in [-0.2, -0.15) is 0 Å². The second kappa shape index (κ2) is 9.07. The van der Waals surface area contributed by atoms with Gasteiger partial charge in [0.05, 0.1) is 17.6 Å². The van der Waals surface area contributed by atoms with Crippen LogP contribution in [0, 0.1) is 5.82 Å². The number of rotatable bonds is 6. The van der Waals surface area contributed by atoms with Crippen LogP contribution in [0.15, 0.2) is 53.4 Å². The average Bonchev–Trinajstić information content (AvgIpc) is 3.33. The molecular weight excluding hydrogens is 409 g/mol. The molecule has 150 valence electrons. The van der Waals surface area contributed by atoms with E-state index in [4.69, 9.17) is 21.7 Å². The molecule has 0 radical (unpaired) electrons. The zero-order chi connectivity index (χ0) is 20.2. The lowest BCUT2D eigenvalue weighted by Crippen LogP contribution is -2.35. The van der Waals surface area contributed by atoms with E-state index in [2.05, 4.69) is 0 Å². The van der Waals surface area contributed by atoms with Crippen molar-refractivity contribution >= 4 is 40.3 Å². The first kappa shape index (κ1) is 20.1. The Balaban J connectivity index is 1.38. The van der Waals surface area contributed by atoms with Crippen LogP contribution in [-0.4, -0.2) is 34.4 Å². The van der Waals surface area contributed by atoms with Crippen molar-refractivity contribution in [1.82, 2.24) is 4.90 Å². The summed E-state index contributed by atoms with van der Waals surface area (Å²) in [7, 11) is 0. The number of thioether (sulfide) groups is 1. The number of nitrogens with zero attached hydrogens (tertiary/aromatic N) is 1. The van der Waals surface area contributed by atoms with Gasteiger partial charge >= 0.3 is 0 Å². The van der Waals surface area contributed by atoms with Gasteiger partial charge in [0.2, 0.25) is 0 Å². The Labute approximate surface area is 178 Å². The van der Waals surface area contributed by atoms with E-state index in [1.165, 1.54) is 17.8 Å². The maximum atomic E-state index is 13.7. The Morgan fingerprint density at radius 1 is 1.24 bits per heavy atom. The van der Waals surface area contributed by atoms with E-state index >= 15 is 0 Å². The molecule has 0 aromatic heterocycles. The van der Waals surface area contributed by atoms with Crippen molar-refractivity contribution in [3.63, 3.8) is 0 Å². The fourth-order valence-electron chi connectivity index (χ4n) is 3.24. The summed E-state index contributed by atoms with van der Waals surface area (Å²) >= 11 is 6.69. The molecule has 0 N–H and O–H groups in total. The molecule has 29 heavy (non-hydrogen) atoms. The summed E-state index contributed by atoms with van der Waals surface area (Å²) in [5, 5.41) is 0. The molecule has 2 fully saturated rings. The Hall–Kier alpha value is -2.22. The summed E-state index contributed by atoms with van der Waals surface area (Å²) < 4.78 is 25.5. The summed E-state index contributed by atoms with van der Waals surface area (Å²) in [5.41, 5.74) is 1.38. The first-order valence-corrected chi connectivity index (χ1v) is 10.7. The Kier molecular flexibility index (Phi) is 6.28. The molecule has 2 heterocycles. The highest BCUT2D eigenvalue weighted by Gasteiger charge is 2.34. The van der Waals surface area contributed by atoms with Gasteiger partial charge in [0, 0.05) is 12.2 Å². The largest absolute Gasteiger partial charge is 0.489 e. The molecule has 0 bridgehead atoms. The number of amides is 1. The molecule has 0 saturated carbocycles. The number of carbonyl (C=O) groups excluding carboxylic acids is 1. The van der Waals surface area contributed by atoms with Gasteiger partial charge in [0.25, 0.3) is 5.91 Å². The highest BCUT2D eigenvalue weighted by atomic mass is 32.2. The molecule has 4 nitrogen and oxygen atoms in total. The number of halogens is 1. The smallest absolute Gasteiger partial charge is 0.266 e. The Bertz CT molecular complexity index is 939. The SMILES string of the molecule is O=C1/C(=C/c2ccc(OCc3ccccc3F)cc2)SC(=S)N1C[C@H]1CCCO1. The van der Waals surface area contributed by atoms with Crippen LogP contribution >= 0.6 is 24.0 Å². The molecule has 2 aromatic carbocycles. The van der Waals surface area contributed by atoms with Gasteiger partial charge in [0.15, 0.2) is 0 Å². The van der Waals surface area contributed by atoms with Crippen molar-refractivity contribution in [3.05, 3.63) is 70.4 Å². The first-order valence-electron chi connectivity index (χ1n) is 9.43. The number of hydrogen-bond acceptors (Lipinski definition) is 5. The molecular formula is C22H20FNO3S2. The van der Waals surface area contributed by atoms with Crippen molar-refractivity contribution in [2.24, 2.45) is 0 Å². The average molecular weight is 430 g/mol. The molecule has 0 aliphatic carbocycles. The Morgan fingerprint density at radius 3 is 2.76 bits per heavy atom. The molecule has 2 aromatic rings. The molecule has 4 rings (SSSR count). The van der Waals surface area contributed by atoms with E-state index in [1.54, 1.807) is 35.2 Å². The standard InChI is InChI=1S/C22H20FNO3S2/c23-19-6-2-1-4-16(19)14-27-17-9-7-15(8-10-17)12-20-21(25)24(22(28)29-20)13-18-5-3-11-26-18/h1-2,4,6-10,12,18H,3,5,11,13-14H2/b20-12-/t18-/m1/s1. The molecule has 0 spiro atoms. The number of benzene rings is 2. The van der Waals surface area contributed by atoms with Gasteiger partial charge in [-0.3, -0.25) is 9.69 Å². The van der Waals surface area contributed by atoms with Crippen LogP contribution in [0.5, 0.6) is 5.75 Å². The van der Waals surface area contributed by atoms with E-state index in [9.17, 15) is 9.18 Å². The van der Waals surface area contributed by atoms with Crippen LogP contribution < -0.4 is 4.74 Å². The van der Waals surface area contributed by atoms with Crippen LogP contribution in [0.3, 0.4) is 0 Å². The fraction of sp³-hybridized carbons (Fsp3) is 0.273. The predicted molar refractivity (Wildman–Crippen MR) is 116 cm³/mol. The Morgan fingerprint density at radius 2 is 2.03 bits per heavy atom. The van der Waals surface area contributed by atoms with Crippen molar-refractivity contribution < 1.29 is 18.7 Å². The van der Waals surface area contributed by atoms with E-state index in [-0.39, 0.29) is 24.4 Å². The third kappa shape index (κ3) is 4.86. The lowest BCUT2D eigenvalue weighted by molar-refractivity contribution is -0.123. The van der Waals surface area contributed by atoms with Crippen molar-refractivity contribution in [3.8, 4) is 5.75 Å². The highest BCUT2D eigenvalue weighted by Crippen LogP contribution is 2.33. The maximum Gasteiger partial charge on any atom is 0.266 e. The van der Waals surface area contributed by atoms with Gasteiger partial charge in [-0.25, -0.2) is 4.39 Å². The van der Waals surface area contributed by atoms with Gasteiger partial charge in [-0.05, 0) is 42.7 Å². The first-order chi connectivity index (χ1) is 14.1. The summed E-state index contributed by atoms with van der Waals surface area (Å²) in [6, 6.07) is 13.9. The van der Waals surface area contributed by atoms with E-state index in [0.717, 1.165) is 25.0 Å².